The topological polar surface area (TPSA) is 99.3 Å². The van der Waals surface area contributed by atoms with Gasteiger partial charge in [0.2, 0.25) is 5.60 Å². The van der Waals surface area contributed by atoms with Gasteiger partial charge in [-0.15, -0.1) is 0 Å². The predicted molar refractivity (Wildman–Crippen MR) is 103 cm³/mol. The summed E-state index contributed by atoms with van der Waals surface area (Å²) < 4.78 is 6.01. The number of carboxylic acids is 1. The van der Waals surface area contributed by atoms with Crippen LogP contribution in [-0.4, -0.2) is 39.7 Å². The number of hydrogen-bond donors (Lipinski definition) is 1. The van der Waals surface area contributed by atoms with Gasteiger partial charge < -0.3 is 14.7 Å². The van der Waals surface area contributed by atoms with Crippen molar-refractivity contribution in [3.63, 3.8) is 0 Å². The molecule has 3 heterocycles. The Hall–Kier alpha value is -3.66. The van der Waals surface area contributed by atoms with Crippen LogP contribution in [0.1, 0.15) is 18.4 Å². The Morgan fingerprint density at radius 2 is 1.89 bits per heavy atom. The minimum absolute atomic E-state index is 0.287. The molecule has 0 atom stereocenters. The van der Waals surface area contributed by atoms with Crippen LogP contribution in [0.15, 0.2) is 54.9 Å². The predicted octanol–water partition coefficient (Wildman–Crippen LogP) is 3.00. The van der Waals surface area contributed by atoms with Gasteiger partial charge in [-0.05, 0) is 36.4 Å². The van der Waals surface area contributed by atoms with Crippen LogP contribution in [0.4, 0.5) is 5.82 Å². The molecule has 0 amide bonds. The highest BCUT2D eigenvalue weighted by atomic mass is 16.5. The number of nitrogens with zero attached hydrogens (tertiary/aromatic N) is 4. The molecule has 0 radical (unpaired) electrons. The first-order chi connectivity index (χ1) is 13.6. The van der Waals surface area contributed by atoms with Crippen LogP contribution >= 0.6 is 0 Å². The van der Waals surface area contributed by atoms with E-state index in [2.05, 4.69) is 16.0 Å². The number of carbonyl (C=O) groups is 1. The molecule has 28 heavy (non-hydrogen) atoms. The van der Waals surface area contributed by atoms with Gasteiger partial charge in [0.05, 0.1) is 11.1 Å². The van der Waals surface area contributed by atoms with E-state index in [4.69, 9.17) is 4.74 Å². The van der Waals surface area contributed by atoms with Crippen molar-refractivity contribution in [1.82, 2.24) is 9.97 Å². The fourth-order valence-electron chi connectivity index (χ4n) is 3.52. The molecule has 0 spiro atoms. The first kappa shape index (κ1) is 17.7. The molecule has 140 valence electrons. The van der Waals surface area contributed by atoms with Gasteiger partial charge in [-0.25, -0.2) is 9.78 Å². The normalized spacial score (nSPS) is 15.8. The maximum atomic E-state index is 12.1. The number of ether oxygens (including phenoxy) is 1. The number of benzene rings is 1. The van der Waals surface area contributed by atoms with Crippen molar-refractivity contribution in [3.05, 3.63) is 60.4 Å². The largest absolute Gasteiger partial charge is 0.478 e. The average molecular weight is 374 g/mol. The molecule has 1 aromatic carbocycles. The van der Waals surface area contributed by atoms with Gasteiger partial charge in [0, 0.05) is 43.7 Å². The lowest BCUT2D eigenvalue weighted by molar-refractivity contribution is -0.157. The minimum atomic E-state index is -1.31. The van der Waals surface area contributed by atoms with Gasteiger partial charge >= 0.3 is 5.97 Å². The van der Waals surface area contributed by atoms with E-state index < -0.39 is 11.6 Å². The first-order valence-electron chi connectivity index (χ1n) is 8.99. The smallest absolute Gasteiger partial charge is 0.348 e. The molecule has 0 unspecified atom stereocenters. The third kappa shape index (κ3) is 3.21. The molecule has 4 rings (SSSR count). The summed E-state index contributed by atoms with van der Waals surface area (Å²) in [6, 6.07) is 14.7. The highest BCUT2D eigenvalue weighted by Crippen LogP contribution is 2.32. The van der Waals surface area contributed by atoms with Crippen LogP contribution in [0.3, 0.4) is 0 Å². The van der Waals surface area contributed by atoms with Crippen molar-refractivity contribution in [1.29, 1.82) is 5.26 Å². The van der Waals surface area contributed by atoms with E-state index in [1.165, 1.54) is 0 Å². The molecule has 1 aliphatic heterocycles. The van der Waals surface area contributed by atoms with E-state index in [1.54, 1.807) is 30.6 Å². The van der Waals surface area contributed by atoms with Crippen molar-refractivity contribution >= 4 is 22.7 Å². The number of anilines is 1. The van der Waals surface area contributed by atoms with Gasteiger partial charge in [0.15, 0.2) is 0 Å². The van der Waals surface area contributed by atoms with E-state index in [0.29, 0.717) is 30.2 Å². The fourth-order valence-corrected chi connectivity index (χ4v) is 3.52. The Morgan fingerprint density at radius 3 is 2.64 bits per heavy atom. The number of piperidine rings is 1. The summed E-state index contributed by atoms with van der Waals surface area (Å²) in [5, 5.41) is 20.1. The van der Waals surface area contributed by atoms with E-state index >= 15 is 0 Å². The maximum absolute atomic E-state index is 12.1. The monoisotopic (exact) mass is 374 g/mol. The second-order valence-electron chi connectivity index (χ2n) is 6.73. The van der Waals surface area contributed by atoms with E-state index in [1.807, 2.05) is 29.2 Å². The molecule has 1 fully saturated rings. The van der Waals surface area contributed by atoms with E-state index in [0.717, 1.165) is 10.9 Å². The number of fused-ring (bicyclic) bond motifs is 1. The number of rotatable bonds is 4. The highest BCUT2D eigenvalue weighted by molar-refractivity contribution is 5.81. The SMILES string of the molecule is N#Cc1cccnc1N1CCC(Oc2ccc3ncccc3c2)(C(=O)O)CC1. The Bertz CT molecular complexity index is 1070. The van der Waals surface area contributed by atoms with Crippen molar-refractivity contribution in [2.45, 2.75) is 18.4 Å². The molecule has 0 bridgehead atoms. The summed E-state index contributed by atoms with van der Waals surface area (Å²) in [6.07, 6.45) is 3.92. The van der Waals surface area contributed by atoms with Crippen molar-refractivity contribution < 1.29 is 14.6 Å². The minimum Gasteiger partial charge on any atom is -0.478 e. The van der Waals surface area contributed by atoms with Crippen LogP contribution in [0.5, 0.6) is 5.75 Å². The van der Waals surface area contributed by atoms with Crippen LogP contribution in [-0.2, 0) is 4.79 Å². The van der Waals surface area contributed by atoms with Crippen LogP contribution < -0.4 is 9.64 Å². The quantitative estimate of drug-likeness (QED) is 0.749. The second-order valence-corrected chi connectivity index (χ2v) is 6.73. The third-order valence-corrected chi connectivity index (χ3v) is 5.06. The van der Waals surface area contributed by atoms with Gasteiger partial charge in [-0.2, -0.15) is 5.26 Å². The number of aliphatic carboxylic acids is 1. The zero-order chi connectivity index (χ0) is 19.6. The molecule has 0 aliphatic carbocycles. The van der Waals surface area contributed by atoms with Gasteiger partial charge in [0.1, 0.15) is 17.6 Å². The molecule has 7 nitrogen and oxygen atoms in total. The van der Waals surface area contributed by atoms with E-state index in [9.17, 15) is 15.2 Å². The lowest BCUT2D eigenvalue weighted by Crippen LogP contribution is -2.53. The molecular formula is C21H18N4O3. The molecule has 1 aliphatic rings. The Morgan fingerprint density at radius 1 is 1.14 bits per heavy atom. The van der Waals surface area contributed by atoms with Crippen LogP contribution in [0.2, 0.25) is 0 Å². The molecule has 2 aromatic heterocycles. The summed E-state index contributed by atoms with van der Waals surface area (Å²) in [4.78, 5) is 22.6. The number of carboxylic acid groups (broad SMARTS) is 1. The number of hydrogen-bond acceptors (Lipinski definition) is 6. The fraction of sp³-hybridized carbons (Fsp3) is 0.238. The summed E-state index contributed by atoms with van der Waals surface area (Å²) in [7, 11) is 0. The van der Waals surface area contributed by atoms with Gasteiger partial charge in [0.25, 0.3) is 0 Å². The number of aromatic nitrogens is 2. The average Bonchev–Trinajstić information content (AvgIpc) is 2.74. The van der Waals surface area contributed by atoms with Crippen LogP contribution in [0, 0.1) is 11.3 Å². The van der Waals surface area contributed by atoms with Gasteiger partial charge in [-0.1, -0.05) is 6.07 Å². The molecule has 0 saturated carbocycles. The maximum Gasteiger partial charge on any atom is 0.348 e. The third-order valence-electron chi connectivity index (χ3n) is 5.06. The molecule has 1 saturated heterocycles. The summed E-state index contributed by atoms with van der Waals surface area (Å²) in [5.41, 5.74) is -0.00459. The Kier molecular flexibility index (Phi) is 4.53. The second kappa shape index (κ2) is 7.16. The standard InChI is InChI=1S/C21H18N4O3/c22-14-16-4-2-10-24-19(16)25-11-7-21(8-12-25,20(26)27)28-17-5-6-18-15(13-17)3-1-9-23-18/h1-6,9-10,13H,7-8,11-12H2,(H,26,27). The lowest BCUT2D eigenvalue weighted by Gasteiger charge is -2.39. The van der Waals surface area contributed by atoms with Crippen molar-refractivity contribution in [2.24, 2.45) is 0 Å². The molecule has 7 heteroatoms. The summed E-state index contributed by atoms with van der Waals surface area (Å²) >= 11 is 0. The molecular weight excluding hydrogens is 356 g/mol. The summed E-state index contributed by atoms with van der Waals surface area (Å²) in [6.45, 7) is 0.875. The molecule has 1 N–H and O–H groups in total. The summed E-state index contributed by atoms with van der Waals surface area (Å²) in [5.74, 6) is 0.104. The van der Waals surface area contributed by atoms with Gasteiger partial charge in [-0.3, -0.25) is 4.98 Å². The lowest BCUT2D eigenvalue weighted by atomic mass is 9.90. The number of nitriles is 1. The van der Waals surface area contributed by atoms with E-state index in [-0.39, 0.29) is 12.8 Å². The highest BCUT2D eigenvalue weighted by Gasteiger charge is 2.44. The Balaban J connectivity index is 1.56. The number of pyridine rings is 2. The van der Waals surface area contributed by atoms with Crippen molar-refractivity contribution in [2.75, 3.05) is 18.0 Å². The van der Waals surface area contributed by atoms with Crippen LogP contribution in [0.25, 0.3) is 10.9 Å². The zero-order valence-electron chi connectivity index (χ0n) is 15.1. The first-order valence-corrected chi connectivity index (χ1v) is 8.99. The van der Waals surface area contributed by atoms with Crippen molar-refractivity contribution in [3.8, 4) is 11.8 Å². The Labute approximate surface area is 161 Å². The zero-order valence-corrected chi connectivity index (χ0v) is 15.1. The molecule has 3 aromatic rings.